The van der Waals surface area contributed by atoms with Crippen molar-refractivity contribution in [3.63, 3.8) is 0 Å². The van der Waals surface area contributed by atoms with Crippen LogP contribution in [0.25, 0.3) is 0 Å². The molecule has 104 valence electrons. The molecule has 1 aliphatic heterocycles. The number of methoxy groups -OCH3 is 1. The second kappa shape index (κ2) is 6.99. The van der Waals surface area contributed by atoms with Crippen LogP contribution in [0, 0.1) is 0 Å². The summed E-state index contributed by atoms with van der Waals surface area (Å²) in [6, 6.07) is 0. The molecule has 1 heterocycles. The fraction of sp³-hybridized carbons (Fsp3) is 0.833. The van der Waals surface area contributed by atoms with Crippen molar-refractivity contribution in [2.75, 3.05) is 26.0 Å². The number of amides is 1. The second-order valence-corrected chi connectivity index (χ2v) is 6.21. The lowest BCUT2D eigenvalue weighted by Crippen LogP contribution is -2.51. The molecule has 5 nitrogen and oxygen atoms in total. The number of nitrogens with one attached hydrogen (secondary N) is 2. The maximum Gasteiger partial charge on any atom is 0.330 e. The van der Waals surface area contributed by atoms with Crippen molar-refractivity contribution in [2.45, 2.75) is 37.5 Å². The maximum absolute atomic E-state index is 11.8. The highest BCUT2D eigenvalue weighted by Gasteiger charge is 2.30. The maximum atomic E-state index is 11.8. The molecule has 1 rings (SSSR count). The minimum atomic E-state index is -0.958. The highest BCUT2D eigenvalue weighted by Crippen LogP contribution is 2.20. The van der Waals surface area contributed by atoms with Crippen molar-refractivity contribution in [1.29, 1.82) is 0 Å². The number of piperidine rings is 1. The summed E-state index contributed by atoms with van der Waals surface area (Å²) >= 11 is 1.66. The molecule has 0 bridgehead atoms. The number of ether oxygens (including phenoxy) is 1. The third kappa shape index (κ3) is 4.86. The first-order chi connectivity index (χ1) is 8.45. The van der Waals surface area contributed by atoms with E-state index in [1.165, 1.54) is 7.11 Å². The zero-order chi connectivity index (χ0) is 13.6. The summed E-state index contributed by atoms with van der Waals surface area (Å²) in [5.74, 6) is -0.151. The van der Waals surface area contributed by atoms with Crippen LogP contribution in [0.1, 0.15) is 26.7 Å². The van der Waals surface area contributed by atoms with Crippen LogP contribution in [0.3, 0.4) is 0 Å². The van der Waals surface area contributed by atoms with Crippen molar-refractivity contribution >= 4 is 23.6 Å². The fourth-order valence-electron chi connectivity index (χ4n) is 1.85. The molecule has 18 heavy (non-hydrogen) atoms. The van der Waals surface area contributed by atoms with Gasteiger partial charge >= 0.3 is 5.97 Å². The van der Waals surface area contributed by atoms with Crippen LogP contribution in [0.2, 0.25) is 0 Å². The topological polar surface area (TPSA) is 67.4 Å². The minimum absolute atomic E-state index is 0.117. The number of carbonyl (C=O) groups excluding carboxylic acids is 2. The van der Waals surface area contributed by atoms with Gasteiger partial charge in [-0.25, -0.2) is 4.79 Å². The molecule has 0 aromatic heterocycles. The van der Waals surface area contributed by atoms with E-state index in [1.54, 1.807) is 25.6 Å². The van der Waals surface area contributed by atoms with Crippen molar-refractivity contribution in [3.8, 4) is 0 Å². The smallest absolute Gasteiger partial charge is 0.330 e. The van der Waals surface area contributed by atoms with Gasteiger partial charge < -0.3 is 15.4 Å². The molecule has 0 spiro atoms. The molecule has 1 fully saturated rings. The summed E-state index contributed by atoms with van der Waals surface area (Å²) in [6.07, 6.45) is 2.19. The zero-order valence-electron chi connectivity index (χ0n) is 11.2. The van der Waals surface area contributed by atoms with E-state index < -0.39 is 11.5 Å². The average Bonchev–Trinajstić information content (AvgIpc) is 2.36. The Kier molecular flexibility index (Phi) is 5.95. The first kappa shape index (κ1) is 15.3. The third-order valence-electron chi connectivity index (χ3n) is 2.88. The van der Waals surface area contributed by atoms with Gasteiger partial charge in [-0.2, -0.15) is 0 Å². The molecule has 0 aromatic carbocycles. The molecule has 2 N–H and O–H groups in total. The Morgan fingerprint density at radius 1 is 1.39 bits per heavy atom. The number of rotatable bonds is 5. The van der Waals surface area contributed by atoms with E-state index in [-0.39, 0.29) is 5.91 Å². The Labute approximate surface area is 112 Å². The summed E-state index contributed by atoms with van der Waals surface area (Å²) in [5.41, 5.74) is -0.958. The second-order valence-electron chi connectivity index (χ2n) is 4.93. The molecule has 0 radical (unpaired) electrons. The van der Waals surface area contributed by atoms with Gasteiger partial charge in [0.15, 0.2) is 0 Å². The van der Waals surface area contributed by atoms with E-state index in [0.717, 1.165) is 25.9 Å². The molecule has 1 amide bonds. The highest BCUT2D eigenvalue weighted by molar-refractivity contribution is 8.00. The van der Waals surface area contributed by atoms with Crippen LogP contribution in [0.15, 0.2) is 0 Å². The normalized spacial score (nSPS) is 17.3. The van der Waals surface area contributed by atoms with Gasteiger partial charge in [-0.15, -0.1) is 11.8 Å². The Hall–Kier alpha value is -0.750. The molecule has 1 saturated heterocycles. The van der Waals surface area contributed by atoms with Crippen LogP contribution in [0.4, 0.5) is 0 Å². The summed E-state index contributed by atoms with van der Waals surface area (Å²) in [6.45, 7) is 5.33. The summed E-state index contributed by atoms with van der Waals surface area (Å²) in [5, 5.41) is 6.52. The number of thioether (sulfide) groups is 1. The van der Waals surface area contributed by atoms with E-state index in [1.807, 2.05) is 0 Å². The van der Waals surface area contributed by atoms with Gasteiger partial charge in [0.25, 0.3) is 0 Å². The van der Waals surface area contributed by atoms with Crippen LogP contribution < -0.4 is 10.6 Å². The fourth-order valence-corrected chi connectivity index (χ4v) is 2.87. The van der Waals surface area contributed by atoms with Crippen LogP contribution in [0.5, 0.6) is 0 Å². The molecule has 0 aromatic rings. The standard InChI is InChI=1S/C12H22N2O3S/c1-12(2,11(16)17-3)14-10(15)8-18-9-4-6-13-7-5-9/h9,13H,4-8H2,1-3H3,(H,14,15). The largest absolute Gasteiger partial charge is 0.467 e. The van der Waals surface area contributed by atoms with Gasteiger partial charge in [0, 0.05) is 5.25 Å². The lowest BCUT2D eigenvalue weighted by atomic mass is 10.1. The van der Waals surface area contributed by atoms with Gasteiger partial charge in [-0.05, 0) is 39.8 Å². The quantitative estimate of drug-likeness (QED) is 0.716. The Bertz CT molecular complexity index is 302. The Balaban J connectivity index is 2.30. The molecule has 1 aliphatic rings. The van der Waals surface area contributed by atoms with Crippen LogP contribution in [-0.2, 0) is 14.3 Å². The van der Waals surface area contributed by atoms with Gasteiger partial charge in [-0.3, -0.25) is 4.79 Å². The van der Waals surface area contributed by atoms with E-state index in [9.17, 15) is 9.59 Å². The lowest BCUT2D eigenvalue weighted by Gasteiger charge is -2.25. The predicted octanol–water partition coefficient (Wildman–Crippen LogP) is 0.539. The molecule has 0 atom stereocenters. The number of carbonyl (C=O) groups is 2. The first-order valence-corrected chi connectivity index (χ1v) is 7.22. The van der Waals surface area contributed by atoms with E-state index in [4.69, 9.17) is 0 Å². The average molecular weight is 274 g/mol. The van der Waals surface area contributed by atoms with E-state index in [0.29, 0.717) is 11.0 Å². The molecule has 0 saturated carbocycles. The number of hydrogen-bond donors (Lipinski definition) is 2. The number of esters is 1. The molecular formula is C12H22N2O3S. The van der Waals surface area contributed by atoms with Gasteiger partial charge in [0.1, 0.15) is 5.54 Å². The molecule has 0 unspecified atom stereocenters. The SMILES string of the molecule is COC(=O)C(C)(C)NC(=O)CSC1CCNCC1. The summed E-state index contributed by atoms with van der Waals surface area (Å²) < 4.78 is 4.64. The molecule has 6 heteroatoms. The van der Waals surface area contributed by atoms with Crippen LogP contribution in [-0.4, -0.2) is 48.6 Å². The zero-order valence-corrected chi connectivity index (χ0v) is 12.1. The van der Waals surface area contributed by atoms with Gasteiger partial charge in [0.2, 0.25) is 5.91 Å². The monoisotopic (exact) mass is 274 g/mol. The Morgan fingerprint density at radius 3 is 2.56 bits per heavy atom. The minimum Gasteiger partial charge on any atom is -0.467 e. The highest BCUT2D eigenvalue weighted by atomic mass is 32.2. The summed E-state index contributed by atoms with van der Waals surface area (Å²) in [7, 11) is 1.32. The van der Waals surface area contributed by atoms with Crippen LogP contribution >= 0.6 is 11.8 Å². The predicted molar refractivity (Wildman–Crippen MR) is 72.6 cm³/mol. The van der Waals surface area contributed by atoms with E-state index >= 15 is 0 Å². The van der Waals surface area contributed by atoms with Crippen molar-refractivity contribution < 1.29 is 14.3 Å². The molecular weight excluding hydrogens is 252 g/mol. The van der Waals surface area contributed by atoms with Crippen molar-refractivity contribution in [3.05, 3.63) is 0 Å². The third-order valence-corrected chi connectivity index (χ3v) is 4.26. The van der Waals surface area contributed by atoms with Crippen molar-refractivity contribution in [2.24, 2.45) is 0 Å². The number of hydrogen-bond acceptors (Lipinski definition) is 5. The summed E-state index contributed by atoms with van der Waals surface area (Å²) in [4.78, 5) is 23.2. The van der Waals surface area contributed by atoms with Gasteiger partial charge in [0.05, 0.1) is 12.9 Å². The van der Waals surface area contributed by atoms with Crippen molar-refractivity contribution in [1.82, 2.24) is 10.6 Å². The Morgan fingerprint density at radius 2 is 2.00 bits per heavy atom. The first-order valence-electron chi connectivity index (χ1n) is 6.17. The lowest BCUT2D eigenvalue weighted by molar-refractivity contribution is -0.149. The van der Waals surface area contributed by atoms with E-state index in [2.05, 4.69) is 15.4 Å². The van der Waals surface area contributed by atoms with Gasteiger partial charge in [-0.1, -0.05) is 0 Å². The molecule has 0 aliphatic carbocycles.